The van der Waals surface area contributed by atoms with Crippen LogP contribution in [0.3, 0.4) is 0 Å². The van der Waals surface area contributed by atoms with E-state index in [9.17, 15) is 4.79 Å². The van der Waals surface area contributed by atoms with Gasteiger partial charge in [-0.25, -0.2) is 0 Å². The number of methoxy groups -OCH3 is 1. The highest BCUT2D eigenvalue weighted by Crippen LogP contribution is 2.34. The summed E-state index contributed by atoms with van der Waals surface area (Å²) in [7, 11) is 1.63. The number of fused-ring (bicyclic) bond motifs is 1. The van der Waals surface area contributed by atoms with Crippen molar-refractivity contribution in [3.63, 3.8) is 0 Å². The average Bonchev–Trinajstić information content (AvgIpc) is 2.81. The summed E-state index contributed by atoms with van der Waals surface area (Å²) in [6.45, 7) is 4.93. The predicted molar refractivity (Wildman–Crippen MR) is 130 cm³/mol. The first-order valence-electron chi connectivity index (χ1n) is 11.1. The SMILES string of the molecule is COc1ccc(OCC2c3ccc(OC(C)C)cc3CCN2C(=O)c2cccc(Cl)c2)cc1. The van der Waals surface area contributed by atoms with Crippen LogP contribution in [0.25, 0.3) is 0 Å². The second-order valence-electron chi connectivity index (χ2n) is 8.29. The number of ether oxygens (including phenoxy) is 3. The summed E-state index contributed by atoms with van der Waals surface area (Å²) in [4.78, 5) is 15.3. The van der Waals surface area contributed by atoms with Gasteiger partial charge in [-0.1, -0.05) is 23.7 Å². The maximum atomic E-state index is 13.4. The van der Waals surface area contributed by atoms with Gasteiger partial charge in [0.05, 0.1) is 19.3 Å². The van der Waals surface area contributed by atoms with Gasteiger partial charge in [-0.15, -0.1) is 0 Å². The molecule has 6 heteroatoms. The van der Waals surface area contributed by atoms with Crippen molar-refractivity contribution in [3.05, 3.63) is 88.4 Å². The second-order valence-corrected chi connectivity index (χ2v) is 8.72. The molecule has 1 unspecified atom stereocenters. The monoisotopic (exact) mass is 465 g/mol. The van der Waals surface area contributed by atoms with E-state index in [4.69, 9.17) is 25.8 Å². The zero-order chi connectivity index (χ0) is 23.4. The molecule has 1 amide bonds. The van der Waals surface area contributed by atoms with Gasteiger partial charge in [-0.2, -0.15) is 0 Å². The van der Waals surface area contributed by atoms with Crippen molar-refractivity contribution >= 4 is 17.5 Å². The first-order valence-corrected chi connectivity index (χ1v) is 11.5. The molecule has 1 atom stereocenters. The summed E-state index contributed by atoms with van der Waals surface area (Å²) < 4.78 is 17.2. The Labute approximate surface area is 199 Å². The Morgan fingerprint density at radius 3 is 2.45 bits per heavy atom. The maximum Gasteiger partial charge on any atom is 0.254 e. The number of hydrogen-bond donors (Lipinski definition) is 0. The first kappa shape index (κ1) is 23.0. The topological polar surface area (TPSA) is 48.0 Å². The molecule has 0 N–H and O–H groups in total. The molecule has 3 aromatic carbocycles. The lowest BCUT2D eigenvalue weighted by atomic mass is 9.92. The molecule has 1 aliphatic heterocycles. The third-order valence-electron chi connectivity index (χ3n) is 5.64. The fraction of sp³-hybridized carbons (Fsp3) is 0.296. The van der Waals surface area contributed by atoms with Gasteiger partial charge in [0.25, 0.3) is 5.91 Å². The van der Waals surface area contributed by atoms with E-state index in [0.717, 1.165) is 29.2 Å². The molecule has 3 aromatic rings. The average molecular weight is 466 g/mol. The van der Waals surface area contributed by atoms with E-state index in [1.54, 1.807) is 31.4 Å². The normalized spacial score (nSPS) is 15.2. The van der Waals surface area contributed by atoms with E-state index in [-0.39, 0.29) is 18.1 Å². The summed E-state index contributed by atoms with van der Waals surface area (Å²) in [5.41, 5.74) is 2.81. The Morgan fingerprint density at radius 2 is 1.76 bits per heavy atom. The molecule has 4 rings (SSSR count). The number of halogens is 1. The van der Waals surface area contributed by atoms with Gasteiger partial charge in [0.1, 0.15) is 23.9 Å². The predicted octanol–water partition coefficient (Wildman–Crippen LogP) is 5.95. The number of amides is 1. The molecule has 172 valence electrons. The Hall–Kier alpha value is -3.18. The van der Waals surface area contributed by atoms with E-state index < -0.39 is 0 Å². The van der Waals surface area contributed by atoms with Crippen molar-refractivity contribution in [1.29, 1.82) is 0 Å². The fourth-order valence-corrected chi connectivity index (χ4v) is 4.28. The zero-order valence-corrected chi connectivity index (χ0v) is 19.8. The standard InChI is InChI=1S/C27H28ClNO4/c1-18(2)33-24-11-12-25-19(16-24)13-14-29(27(30)20-5-4-6-21(28)15-20)26(25)17-32-23-9-7-22(31-3)8-10-23/h4-12,15-16,18,26H,13-14,17H2,1-3H3. The third kappa shape index (κ3) is 5.42. The lowest BCUT2D eigenvalue weighted by Crippen LogP contribution is -2.42. The van der Waals surface area contributed by atoms with Crippen molar-refractivity contribution in [2.24, 2.45) is 0 Å². The van der Waals surface area contributed by atoms with Crippen LogP contribution < -0.4 is 14.2 Å². The minimum atomic E-state index is -0.240. The molecule has 0 aliphatic carbocycles. The molecular weight excluding hydrogens is 438 g/mol. The molecule has 0 aromatic heterocycles. The summed E-state index contributed by atoms with van der Waals surface area (Å²) in [5.74, 6) is 2.26. The van der Waals surface area contributed by atoms with Crippen molar-refractivity contribution in [3.8, 4) is 17.2 Å². The lowest BCUT2D eigenvalue weighted by Gasteiger charge is -2.37. The third-order valence-corrected chi connectivity index (χ3v) is 5.88. The van der Waals surface area contributed by atoms with Crippen LogP contribution in [0.2, 0.25) is 5.02 Å². The number of benzene rings is 3. The molecule has 0 fully saturated rings. The minimum Gasteiger partial charge on any atom is -0.497 e. The molecule has 1 heterocycles. The van der Waals surface area contributed by atoms with E-state index in [0.29, 0.717) is 23.7 Å². The van der Waals surface area contributed by atoms with Crippen LogP contribution in [-0.4, -0.2) is 37.2 Å². The summed E-state index contributed by atoms with van der Waals surface area (Å²) >= 11 is 6.15. The molecule has 5 nitrogen and oxygen atoms in total. The van der Waals surface area contributed by atoms with Gasteiger partial charge in [-0.3, -0.25) is 4.79 Å². The lowest BCUT2D eigenvalue weighted by molar-refractivity contribution is 0.0589. The second kappa shape index (κ2) is 10.2. The molecule has 0 bridgehead atoms. The zero-order valence-electron chi connectivity index (χ0n) is 19.1. The number of hydrogen-bond acceptors (Lipinski definition) is 4. The molecule has 0 saturated carbocycles. The van der Waals surface area contributed by atoms with Crippen LogP contribution in [0.15, 0.2) is 66.7 Å². The highest BCUT2D eigenvalue weighted by Gasteiger charge is 2.32. The van der Waals surface area contributed by atoms with Crippen LogP contribution in [-0.2, 0) is 6.42 Å². The van der Waals surface area contributed by atoms with Gasteiger partial charge in [0, 0.05) is 17.1 Å². The van der Waals surface area contributed by atoms with E-state index in [1.807, 2.05) is 55.1 Å². The summed E-state index contributed by atoms with van der Waals surface area (Å²) in [6.07, 6.45) is 0.845. The van der Waals surface area contributed by atoms with Crippen LogP contribution in [0.5, 0.6) is 17.2 Å². The number of nitrogens with zero attached hydrogens (tertiary/aromatic N) is 1. The smallest absolute Gasteiger partial charge is 0.254 e. The quantitative estimate of drug-likeness (QED) is 0.432. The van der Waals surface area contributed by atoms with Crippen molar-refractivity contribution in [2.45, 2.75) is 32.4 Å². The largest absolute Gasteiger partial charge is 0.497 e. The Kier molecular flexibility index (Phi) is 7.09. The number of rotatable bonds is 7. The van der Waals surface area contributed by atoms with Crippen LogP contribution >= 0.6 is 11.6 Å². The molecule has 33 heavy (non-hydrogen) atoms. The first-order chi connectivity index (χ1) is 15.9. The van der Waals surface area contributed by atoms with Gasteiger partial charge in [0.2, 0.25) is 0 Å². The molecule has 0 saturated heterocycles. The number of carbonyl (C=O) groups excluding carboxylic acids is 1. The minimum absolute atomic E-state index is 0.0611. The van der Waals surface area contributed by atoms with Gasteiger partial charge >= 0.3 is 0 Å². The Balaban J connectivity index is 1.63. The van der Waals surface area contributed by atoms with Crippen LogP contribution in [0.4, 0.5) is 0 Å². The molecule has 0 spiro atoms. The Bertz CT molecular complexity index is 1110. The molecule has 1 aliphatic rings. The van der Waals surface area contributed by atoms with E-state index >= 15 is 0 Å². The van der Waals surface area contributed by atoms with Crippen molar-refractivity contribution in [1.82, 2.24) is 4.90 Å². The molecular formula is C27H28ClNO4. The highest BCUT2D eigenvalue weighted by molar-refractivity contribution is 6.30. The van der Waals surface area contributed by atoms with Crippen LogP contribution in [0, 0.1) is 0 Å². The summed E-state index contributed by atoms with van der Waals surface area (Å²) in [5, 5.41) is 0.541. The van der Waals surface area contributed by atoms with Crippen LogP contribution in [0.1, 0.15) is 41.4 Å². The fourth-order valence-electron chi connectivity index (χ4n) is 4.09. The molecule has 0 radical (unpaired) electrons. The summed E-state index contributed by atoms with van der Waals surface area (Å²) in [6, 6.07) is 20.4. The van der Waals surface area contributed by atoms with Crippen molar-refractivity contribution in [2.75, 3.05) is 20.3 Å². The Morgan fingerprint density at radius 1 is 1.03 bits per heavy atom. The number of carbonyl (C=O) groups is 1. The van der Waals surface area contributed by atoms with E-state index in [1.165, 1.54) is 5.56 Å². The highest BCUT2D eigenvalue weighted by atomic mass is 35.5. The van der Waals surface area contributed by atoms with E-state index in [2.05, 4.69) is 6.07 Å². The van der Waals surface area contributed by atoms with Gasteiger partial charge in [0.15, 0.2) is 0 Å². The van der Waals surface area contributed by atoms with Gasteiger partial charge in [-0.05, 0) is 86.0 Å². The van der Waals surface area contributed by atoms with Gasteiger partial charge < -0.3 is 19.1 Å². The van der Waals surface area contributed by atoms with Crippen molar-refractivity contribution < 1.29 is 19.0 Å². The maximum absolute atomic E-state index is 13.4.